The number of halogens is 1. The summed E-state index contributed by atoms with van der Waals surface area (Å²) in [5.41, 5.74) is 5.51. The molecular formula is C10H14INO3. The molecule has 0 amide bonds. The molecule has 0 aromatic heterocycles. The fourth-order valence-corrected chi connectivity index (χ4v) is 2.27. The predicted octanol–water partition coefficient (Wildman–Crippen LogP) is 1.45. The lowest BCUT2D eigenvalue weighted by molar-refractivity contribution is -0.138. The number of carboxylic acid groups (broad SMARTS) is 1. The second kappa shape index (κ2) is 4.98. The number of carboxylic acids is 1. The van der Waals surface area contributed by atoms with Crippen molar-refractivity contribution in [3.8, 4) is 0 Å². The van der Waals surface area contributed by atoms with Gasteiger partial charge in [0.2, 0.25) is 0 Å². The van der Waals surface area contributed by atoms with E-state index in [1.54, 1.807) is 7.11 Å². The summed E-state index contributed by atoms with van der Waals surface area (Å²) in [4.78, 5) is 10.6. The lowest BCUT2D eigenvalue weighted by Crippen LogP contribution is -2.37. The molecule has 0 aliphatic heterocycles. The summed E-state index contributed by atoms with van der Waals surface area (Å²) in [5, 5.41) is 8.73. The van der Waals surface area contributed by atoms with Gasteiger partial charge in [-0.15, -0.1) is 0 Å². The zero-order valence-corrected chi connectivity index (χ0v) is 10.6. The topological polar surface area (TPSA) is 72.5 Å². The van der Waals surface area contributed by atoms with E-state index in [1.807, 2.05) is 18.2 Å². The van der Waals surface area contributed by atoms with Crippen molar-refractivity contribution in [2.75, 3.05) is 7.11 Å². The molecule has 4 nitrogen and oxygen atoms in total. The molecule has 2 atom stereocenters. The van der Waals surface area contributed by atoms with Gasteiger partial charge in [-0.1, -0.05) is 28.7 Å². The van der Waals surface area contributed by atoms with Crippen LogP contribution < -0.4 is 5.73 Å². The Hall–Kier alpha value is -0.560. The van der Waals surface area contributed by atoms with Gasteiger partial charge in [-0.3, -0.25) is 4.79 Å². The number of nitrogens with two attached hydrogens (primary N) is 1. The Morgan fingerprint density at radius 2 is 2.53 bits per heavy atom. The van der Waals surface area contributed by atoms with Crippen molar-refractivity contribution < 1.29 is 14.6 Å². The third-order valence-electron chi connectivity index (χ3n) is 2.30. The van der Waals surface area contributed by atoms with E-state index >= 15 is 0 Å². The highest BCUT2D eigenvalue weighted by Gasteiger charge is 2.30. The van der Waals surface area contributed by atoms with E-state index in [0.29, 0.717) is 6.42 Å². The maximum atomic E-state index is 10.6. The van der Waals surface area contributed by atoms with Crippen LogP contribution in [0.5, 0.6) is 0 Å². The van der Waals surface area contributed by atoms with Crippen LogP contribution in [0.1, 0.15) is 12.8 Å². The summed E-state index contributed by atoms with van der Waals surface area (Å²) < 4.78 is 4.85. The summed E-state index contributed by atoms with van der Waals surface area (Å²) in [6, 6.07) is -0.816. The van der Waals surface area contributed by atoms with Crippen LogP contribution >= 0.6 is 22.6 Å². The van der Waals surface area contributed by atoms with Gasteiger partial charge in [0.05, 0.1) is 7.11 Å². The Balaban J connectivity index is 2.61. The van der Waals surface area contributed by atoms with Crippen LogP contribution in [-0.4, -0.2) is 27.6 Å². The molecule has 1 aliphatic carbocycles. The summed E-state index contributed by atoms with van der Waals surface area (Å²) in [5.74, 6) is -0.146. The largest absolute Gasteiger partial charge is 0.497 e. The lowest BCUT2D eigenvalue weighted by atomic mass is 9.93. The van der Waals surface area contributed by atoms with Gasteiger partial charge in [0, 0.05) is 3.42 Å². The predicted molar refractivity (Wildman–Crippen MR) is 65.8 cm³/mol. The molecule has 1 aliphatic rings. The average molecular weight is 323 g/mol. The van der Waals surface area contributed by atoms with E-state index in [0.717, 1.165) is 12.2 Å². The summed E-state index contributed by atoms with van der Waals surface area (Å²) in [7, 11) is 1.61. The van der Waals surface area contributed by atoms with Crippen molar-refractivity contribution in [3.63, 3.8) is 0 Å². The van der Waals surface area contributed by atoms with Gasteiger partial charge in [0.1, 0.15) is 11.8 Å². The fourth-order valence-electron chi connectivity index (χ4n) is 1.39. The number of aliphatic carboxylic acids is 1. The highest BCUT2D eigenvalue weighted by Crippen LogP contribution is 2.34. The van der Waals surface area contributed by atoms with Gasteiger partial charge in [-0.25, -0.2) is 0 Å². The molecule has 1 unspecified atom stereocenters. The number of hydrogen-bond donors (Lipinski definition) is 2. The minimum absolute atomic E-state index is 0.211. The molecule has 0 aromatic carbocycles. The molecule has 0 fully saturated rings. The Morgan fingerprint density at radius 3 is 2.93 bits per heavy atom. The van der Waals surface area contributed by atoms with Gasteiger partial charge < -0.3 is 15.6 Å². The van der Waals surface area contributed by atoms with Crippen molar-refractivity contribution in [3.05, 3.63) is 24.0 Å². The molecule has 0 heterocycles. The highest BCUT2D eigenvalue weighted by atomic mass is 127. The highest BCUT2D eigenvalue weighted by molar-refractivity contribution is 14.1. The molecule has 0 saturated carbocycles. The maximum Gasteiger partial charge on any atom is 0.320 e. The first-order chi connectivity index (χ1) is 6.97. The molecule has 5 heteroatoms. The van der Waals surface area contributed by atoms with Crippen molar-refractivity contribution in [2.24, 2.45) is 5.73 Å². The quantitative estimate of drug-likeness (QED) is 0.607. The van der Waals surface area contributed by atoms with Gasteiger partial charge in [-0.2, -0.15) is 0 Å². The first-order valence-electron chi connectivity index (χ1n) is 4.57. The standard InChI is InChI=1S/C10H14INO3/c1-15-7-2-4-10(11,5-3-7)6-8(12)9(13)14/h2-4,8H,5-6,12H2,1H3,(H,13,14)/t8-,10?/m0/s1. The number of allylic oxidation sites excluding steroid dienone is 3. The molecule has 0 saturated heterocycles. The fraction of sp³-hybridized carbons (Fsp3) is 0.500. The van der Waals surface area contributed by atoms with E-state index in [4.69, 9.17) is 15.6 Å². The average Bonchev–Trinajstić information content (AvgIpc) is 2.18. The van der Waals surface area contributed by atoms with E-state index in [1.165, 1.54) is 0 Å². The molecule has 1 rings (SSSR count). The van der Waals surface area contributed by atoms with Crippen LogP contribution in [0.25, 0.3) is 0 Å². The van der Waals surface area contributed by atoms with Crippen LogP contribution in [0.3, 0.4) is 0 Å². The molecule has 0 radical (unpaired) electrons. The number of carbonyl (C=O) groups is 1. The van der Waals surface area contributed by atoms with E-state index in [-0.39, 0.29) is 3.42 Å². The van der Waals surface area contributed by atoms with Crippen LogP contribution in [-0.2, 0) is 9.53 Å². The van der Waals surface area contributed by atoms with Crippen LogP contribution in [0, 0.1) is 0 Å². The van der Waals surface area contributed by atoms with Crippen molar-refractivity contribution in [1.82, 2.24) is 0 Å². The van der Waals surface area contributed by atoms with Crippen LogP contribution in [0.15, 0.2) is 24.0 Å². The van der Waals surface area contributed by atoms with E-state index in [2.05, 4.69) is 22.6 Å². The van der Waals surface area contributed by atoms with Gasteiger partial charge in [0.25, 0.3) is 0 Å². The summed E-state index contributed by atoms with van der Waals surface area (Å²) in [6.45, 7) is 0. The molecule has 15 heavy (non-hydrogen) atoms. The van der Waals surface area contributed by atoms with E-state index < -0.39 is 12.0 Å². The lowest BCUT2D eigenvalue weighted by Gasteiger charge is -2.27. The zero-order valence-electron chi connectivity index (χ0n) is 8.44. The number of ether oxygens (including phenoxy) is 1. The Morgan fingerprint density at radius 1 is 1.87 bits per heavy atom. The van der Waals surface area contributed by atoms with Gasteiger partial charge >= 0.3 is 5.97 Å². The van der Waals surface area contributed by atoms with Crippen LogP contribution in [0.2, 0.25) is 0 Å². The second-order valence-corrected chi connectivity index (χ2v) is 5.68. The monoisotopic (exact) mass is 323 g/mol. The second-order valence-electron chi connectivity index (χ2n) is 3.53. The molecule has 3 N–H and O–H groups in total. The summed E-state index contributed by atoms with van der Waals surface area (Å²) in [6.07, 6.45) is 6.92. The van der Waals surface area contributed by atoms with Crippen molar-refractivity contribution in [1.29, 1.82) is 0 Å². The van der Waals surface area contributed by atoms with Crippen molar-refractivity contribution >= 4 is 28.6 Å². The van der Waals surface area contributed by atoms with Gasteiger partial charge in [-0.05, 0) is 25.0 Å². The van der Waals surface area contributed by atoms with Crippen molar-refractivity contribution in [2.45, 2.75) is 22.3 Å². The molecular weight excluding hydrogens is 309 g/mol. The zero-order chi connectivity index (χ0) is 11.5. The minimum atomic E-state index is -0.957. The number of methoxy groups -OCH3 is 1. The first kappa shape index (κ1) is 12.5. The Kier molecular flexibility index (Phi) is 4.15. The minimum Gasteiger partial charge on any atom is -0.497 e. The first-order valence-corrected chi connectivity index (χ1v) is 5.65. The Bertz CT molecular complexity index is 314. The molecule has 84 valence electrons. The van der Waals surface area contributed by atoms with Crippen LogP contribution in [0.4, 0.5) is 0 Å². The summed E-state index contributed by atoms with van der Waals surface area (Å²) >= 11 is 2.23. The van der Waals surface area contributed by atoms with Gasteiger partial charge in [0.15, 0.2) is 0 Å². The molecule has 0 spiro atoms. The Labute approximate surface area is 102 Å². The molecule has 0 aromatic rings. The number of hydrogen-bond acceptors (Lipinski definition) is 3. The molecule has 0 bridgehead atoms. The number of rotatable bonds is 4. The normalized spacial score (nSPS) is 27.0. The third kappa shape index (κ3) is 3.49. The SMILES string of the molecule is COC1=CCC(I)(C[C@H](N)C(=O)O)C=C1. The maximum absolute atomic E-state index is 10.6. The third-order valence-corrected chi connectivity index (χ3v) is 3.54. The number of alkyl halides is 1. The smallest absolute Gasteiger partial charge is 0.320 e. The van der Waals surface area contributed by atoms with E-state index in [9.17, 15) is 4.79 Å².